The molecule has 23 heavy (non-hydrogen) atoms. The van der Waals surface area contributed by atoms with Crippen molar-refractivity contribution in [3.05, 3.63) is 12.2 Å². The monoisotopic (exact) mass is 340 g/mol. The molecule has 0 rings (SSSR count). The van der Waals surface area contributed by atoms with Gasteiger partial charge < -0.3 is 0 Å². The van der Waals surface area contributed by atoms with Gasteiger partial charge in [0.15, 0.2) is 0 Å². The minimum atomic E-state index is 1.31. The van der Waals surface area contributed by atoms with Crippen LogP contribution in [0.2, 0.25) is 0 Å². The molecule has 0 aliphatic rings. The third-order valence-corrected chi connectivity index (χ3v) is 5.60. The topological polar surface area (TPSA) is 0 Å². The van der Waals surface area contributed by atoms with Crippen molar-refractivity contribution in [3.8, 4) is 0 Å². The molecule has 0 saturated heterocycles. The lowest BCUT2D eigenvalue weighted by molar-refractivity contribution is 0.607. The SMILES string of the molecule is CCCCCCCC/C=C\CCCCCCCCSCCCC. The van der Waals surface area contributed by atoms with Gasteiger partial charge in [-0.2, -0.15) is 11.8 Å². The van der Waals surface area contributed by atoms with E-state index in [1.54, 1.807) is 0 Å². The highest BCUT2D eigenvalue weighted by molar-refractivity contribution is 7.99. The fourth-order valence-electron chi connectivity index (χ4n) is 2.80. The van der Waals surface area contributed by atoms with E-state index >= 15 is 0 Å². The molecule has 0 amide bonds. The zero-order valence-corrected chi connectivity index (χ0v) is 17.1. The van der Waals surface area contributed by atoms with E-state index in [1.165, 1.54) is 114 Å². The third kappa shape index (κ3) is 22.1. The quantitative estimate of drug-likeness (QED) is 0.168. The van der Waals surface area contributed by atoms with Crippen LogP contribution >= 0.6 is 11.8 Å². The molecule has 0 bridgehead atoms. The van der Waals surface area contributed by atoms with Crippen LogP contribution in [0.15, 0.2) is 12.2 Å². The molecule has 138 valence electrons. The Morgan fingerprint density at radius 1 is 0.478 bits per heavy atom. The van der Waals surface area contributed by atoms with E-state index in [1.807, 2.05) is 0 Å². The molecule has 0 atom stereocenters. The molecule has 0 unspecified atom stereocenters. The second-order valence-corrected chi connectivity index (χ2v) is 8.13. The smallest absolute Gasteiger partial charge is 0.00675 e. The Morgan fingerprint density at radius 2 is 0.913 bits per heavy atom. The summed E-state index contributed by atoms with van der Waals surface area (Å²) in [6, 6.07) is 0. The second kappa shape index (κ2) is 22.1. The van der Waals surface area contributed by atoms with Gasteiger partial charge >= 0.3 is 0 Å². The van der Waals surface area contributed by atoms with Crippen LogP contribution in [0.1, 0.15) is 117 Å². The Labute approximate surface area is 152 Å². The summed E-state index contributed by atoms with van der Waals surface area (Å²) in [5.74, 6) is 2.77. The van der Waals surface area contributed by atoms with Gasteiger partial charge in [-0.15, -0.1) is 0 Å². The van der Waals surface area contributed by atoms with E-state index in [0.717, 1.165) is 0 Å². The Bertz CT molecular complexity index is 222. The average Bonchev–Trinajstić information content (AvgIpc) is 2.57. The molecule has 0 aliphatic heterocycles. The largest absolute Gasteiger partial charge is 0.162 e. The van der Waals surface area contributed by atoms with E-state index in [-0.39, 0.29) is 0 Å². The molecular formula is C22H44S. The Hall–Kier alpha value is 0.0900. The van der Waals surface area contributed by atoms with E-state index in [4.69, 9.17) is 0 Å². The van der Waals surface area contributed by atoms with Gasteiger partial charge in [-0.25, -0.2) is 0 Å². The van der Waals surface area contributed by atoms with Gasteiger partial charge in [0.2, 0.25) is 0 Å². The van der Waals surface area contributed by atoms with Crippen molar-refractivity contribution in [3.63, 3.8) is 0 Å². The molecule has 0 saturated carbocycles. The van der Waals surface area contributed by atoms with Gasteiger partial charge in [0.1, 0.15) is 0 Å². The number of hydrogen-bond donors (Lipinski definition) is 0. The first-order valence-corrected chi connectivity index (χ1v) is 11.8. The van der Waals surface area contributed by atoms with E-state index < -0.39 is 0 Å². The third-order valence-electron chi connectivity index (χ3n) is 4.44. The Kier molecular flexibility index (Phi) is 22.2. The highest BCUT2D eigenvalue weighted by Crippen LogP contribution is 2.12. The number of rotatable bonds is 19. The summed E-state index contributed by atoms with van der Waals surface area (Å²) in [5, 5.41) is 0. The fraction of sp³-hybridized carbons (Fsp3) is 0.909. The molecule has 0 aromatic rings. The standard InChI is InChI=1S/C22H44S/c1-3-5-7-8-9-10-11-12-13-14-15-16-17-18-19-20-22-23-21-6-4-2/h12-13H,3-11,14-22H2,1-2H3/b13-12-. The van der Waals surface area contributed by atoms with Crippen LogP contribution in [0.5, 0.6) is 0 Å². The molecule has 0 nitrogen and oxygen atoms in total. The van der Waals surface area contributed by atoms with Crippen molar-refractivity contribution in [2.75, 3.05) is 11.5 Å². The zero-order chi connectivity index (χ0) is 16.8. The van der Waals surface area contributed by atoms with Crippen molar-refractivity contribution in [1.82, 2.24) is 0 Å². The van der Waals surface area contributed by atoms with Crippen LogP contribution in [-0.4, -0.2) is 11.5 Å². The van der Waals surface area contributed by atoms with E-state index in [2.05, 4.69) is 37.8 Å². The summed E-state index contributed by atoms with van der Waals surface area (Å²) in [4.78, 5) is 0. The number of unbranched alkanes of at least 4 members (excludes halogenated alkanes) is 13. The minimum absolute atomic E-state index is 1.31. The highest BCUT2D eigenvalue weighted by atomic mass is 32.2. The first-order chi connectivity index (χ1) is 11.4. The Morgan fingerprint density at radius 3 is 1.48 bits per heavy atom. The van der Waals surface area contributed by atoms with E-state index in [0.29, 0.717) is 0 Å². The van der Waals surface area contributed by atoms with Crippen molar-refractivity contribution < 1.29 is 0 Å². The van der Waals surface area contributed by atoms with Crippen LogP contribution in [0.25, 0.3) is 0 Å². The van der Waals surface area contributed by atoms with Crippen LogP contribution in [0.4, 0.5) is 0 Å². The second-order valence-electron chi connectivity index (χ2n) is 6.90. The average molecular weight is 341 g/mol. The molecule has 0 aliphatic carbocycles. The van der Waals surface area contributed by atoms with Gasteiger partial charge in [0, 0.05) is 0 Å². The molecule has 0 radical (unpaired) electrons. The van der Waals surface area contributed by atoms with Crippen molar-refractivity contribution in [2.24, 2.45) is 0 Å². The summed E-state index contributed by atoms with van der Waals surface area (Å²) >= 11 is 2.16. The summed E-state index contributed by atoms with van der Waals surface area (Å²) in [6.45, 7) is 4.57. The summed E-state index contributed by atoms with van der Waals surface area (Å²) in [5.41, 5.74) is 0. The lowest BCUT2D eigenvalue weighted by Crippen LogP contribution is -1.85. The summed E-state index contributed by atoms with van der Waals surface area (Å²) in [6.07, 6.45) is 27.3. The molecule has 1 heteroatoms. The molecule has 0 spiro atoms. The lowest BCUT2D eigenvalue weighted by atomic mass is 10.1. The molecule has 0 aromatic carbocycles. The highest BCUT2D eigenvalue weighted by Gasteiger charge is 1.92. The van der Waals surface area contributed by atoms with Crippen molar-refractivity contribution in [1.29, 1.82) is 0 Å². The minimum Gasteiger partial charge on any atom is -0.162 e. The van der Waals surface area contributed by atoms with Crippen LogP contribution in [0.3, 0.4) is 0 Å². The van der Waals surface area contributed by atoms with Gasteiger partial charge in [-0.05, 0) is 50.0 Å². The molecule has 0 N–H and O–H groups in total. The van der Waals surface area contributed by atoms with Gasteiger partial charge in [0.05, 0.1) is 0 Å². The summed E-state index contributed by atoms with van der Waals surface area (Å²) in [7, 11) is 0. The maximum Gasteiger partial charge on any atom is -0.00675 e. The van der Waals surface area contributed by atoms with Crippen LogP contribution in [-0.2, 0) is 0 Å². The van der Waals surface area contributed by atoms with Gasteiger partial charge in [0.25, 0.3) is 0 Å². The normalized spacial score (nSPS) is 11.6. The first-order valence-electron chi connectivity index (χ1n) is 10.6. The van der Waals surface area contributed by atoms with Crippen molar-refractivity contribution >= 4 is 11.8 Å². The molecule has 0 fully saturated rings. The number of thioether (sulfide) groups is 1. The van der Waals surface area contributed by atoms with Crippen molar-refractivity contribution in [2.45, 2.75) is 117 Å². The molecular weight excluding hydrogens is 296 g/mol. The maximum absolute atomic E-state index is 2.43. The Balaban J connectivity index is 3.02. The number of hydrogen-bond acceptors (Lipinski definition) is 1. The summed E-state index contributed by atoms with van der Waals surface area (Å²) < 4.78 is 0. The first kappa shape index (κ1) is 23.1. The van der Waals surface area contributed by atoms with Crippen LogP contribution < -0.4 is 0 Å². The predicted octanol–water partition coefficient (Wildman–Crippen LogP) is 8.56. The number of allylic oxidation sites excluding steroid dienone is 2. The maximum atomic E-state index is 2.43. The predicted molar refractivity (Wildman–Crippen MR) is 112 cm³/mol. The lowest BCUT2D eigenvalue weighted by Gasteiger charge is -2.01. The van der Waals surface area contributed by atoms with Gasteiger partial charge in [-0.1, -0.05) is 90.2 Å². The van der Waals surface area contributed by atoms with Crippen LogP contribution in [0, 0.1) is 0 Å². The molecule has 0 heterocycles. The zero-order valence-electron chi connectivity index (χ0n) is 16.3. The fourth-order valence-corrected chi connectivity index (χ4v) is 3.91. The van der Waals surface area contributed by atoms with E-state index in [9.17, 15) is 0 Å². The molecule has 0 aromatic heterocycles. The van der Waals surface area contributed by atoms with Gasteiger partial charge in [-0.3, -0.25) is 0 Å².